The van der Waals surface area contributed by atoms with Gasteiger partial charge in [-0.25, -0.2) is 4.98 Å². The van der Waals surface area contributed by atoms with Crippen molar-refractivity contribution in [3.63, 3.8) is 0 Å². The fraction of sp³-hybridized carbons (Fsp3) is 0.368. The molecule has 0 unspecified atom stereocenters. The number of thiazole rings is 1. The average molecular weight is 398 g/mol. The lowest BCUT2D eigenvalue weighted by Gasteiger charge is -2.33. The largest absolute Gasteiger partial charge is 0.466 e. The Kier molecular flexibility index (Phi) is 6.45. The van der Waals surface area contributed by atoms with Crippen molar-refractivity contribution in [2.45, 2.75) is 19.8 Å². The van der Waals surface area contributed by atoms with Crippen LogP contribution in [0.3, 0.4) is 0 Å². The van der Waals surface area contributed by atoms with Gasteiger partial charge in [-0.3, -0.25) is 10.2 Å². The van der Waals surface area contributed by atoms with Crippen LogP contribution in [0.2, 0.25) is 0 Å². The number of nitrogens with one attached hydrogen (secondary N) is 1. The van der Waals surface area contributed by atoms with Crippen molar-refractivity contribution in [3.05, 3.63) is 34.7 Å². The van der Waals surface area contributed by atoms with E-state index in [1.807, 2.05) is 19.1 Å². The van der Waals surface area contributed by atoms with Gasteiger partial charge >= 0.3 is 5.97 Å². The van der Waals surface area contributed by atoms with E-state index in [1.54, 1.807) is 17.7 Å². The number of anilines is 3. The first-order valence-electron chi connectivity index (χ1n) is 9.06. The molecule has 1 aliphatic rings. The number of esters is 1. The Hall–Kier alpha value is -3.12. The Morgan fingerprint density at radius 3 is 2.96 bits per heavy atom. The first-order chi connectivity index (χ1) is 13.6. The molecule has 1 saturated heterocycles. The second kappa shape index (κ2) is 9.19. The molecule has 2 aromatic rings. The van der Waals surface area contributed by atoms with Crippen LogP contribution in [-0.4, -0.2) is 36.9 Å². The van der Waals surface area contributed by atoms with Gasteiger partial charge in [0.15, 0.2) is 0 Å². The van der Waals surface area contributed by atoms with Crippen molar-refractivity contribution in [2.75, 3.05) is 35.8 Å². The molecule has 1 aliphatic heterocycles. The molecule has 28 heavy (non-hydrogen) atoms. The molecule has 0 bridgehead atoms. The number of nitriles is 1. The molecular formula is C19H22N6O2S. The highest BCUT2D eigenvalue weighted by atomic mass is 32.1. The summed E-state index contributed by atoms with van der Waals surface area (Å²) < 4.78 is 5.11. The second-order valence-corrected chi connectivity index (χ2v) is 7.21. The van der Waals surface area contributed by atoms with Crippen molar-refractivity contribution in [1.29, 1.82) is 5.26 Å². The third-order valence-electron chi connectivity index (χ3n) is 4.49. The first-order valence-corrected chi connectivity index (χ1v) is 9.94. The number of aromatic nitrogens is 1. The quantitative estimate of drug-likeness (QED) is 0.436. The number of carbonyl (C=O) groups excluding carboxylic acids is 1. The highest BCUT2D eigenvalue weighted by Gasteiger charge is 2.27. The SMILES string of the molecule is CCOC(=O)C1CCN(c2ccc(C=NNc3nc(N)cs3)cc2C#N)CC1. The molecule has 0 radical (unpaired) electrons. The van der Waals surface area contributed by atoms with Gasteiger partial charge in [0.1, 0.15) is 11.9 Å². The van der Waals surface area contributed by atoms with Crippen molar-refractivity contribution < 1.29 is 9.53 Å². The Bertz CT molecular complexity index is 896. The smallest absolute Gasteiger partial charge is 0.309 e. The fourth-order valence-corrected chi connectivity index (χ4v) is 3.66. The summed E-state index contributed by atoms with van der Waals surface area (Å²) in [7, 11) is 0. The Balaban J connectivity index is 1.63. The molecule has 1 aromatic heterocycles. The molecule has 146 valence electrons. The molecular weight excluding hydrogens is 376 g/mol. The monoisotopic (exact) mass is 398 g/mol. The molecule has 0 saturated carbocycles. The standard InChI is InChI=1S/C19H22N6O2S/c1-2-27-18(26)14-5-7-25(8-6-14)16-4-3-13(9-15(16)10-20)11-22-24-19-23-17(21)12-28-19/h3-4,9,11-12,14H,2,5-8,21H2,1H3,(H,23,24). The summed E-state index contributed by atoms with van der Waals surface area (Å²) in [5.41, 5.74) is 10.6. The number of carbonyl (C=O) groups is 1. The van der Waals surface area contributed by atoms with Crippen LogP contribution in [0.4, 0.5) is 16.6 Å². The second-order valence-electron chi connectivity index (χ2n) is 6.35. The number of rotatable bonds is 6. The van der Waals surface area contributed by atoms with E-state index in [1.165, 1.54) is 11.3 Å². The van der Waals surface area contributed by atoms with E-state index in [9.17, 15) is 10.1 Å². The molecule has 9 heteroatoms. The maximum absolute atomic E-state index is 11.9. The van der Waals surface area contributed by atoms with E-state index in [-0.39, 0.29) is 11.9 Å². The molecule has 3 rings (SSSR count). The van der Waals surface area contributed by atoms with Gasteiger partial charge in [-0.2, -0.15) is 10.4 Å². The number of benzene rings is 1. The van der Waals surface area contributed by atoms with E-state index >= 15 is 0 Å². The zero-order chi connectivity index (χ0) is 19.9. The third-order valence-corrected chi connectivity index (χ3v) is 5.26. The molecule has 1 aromatic carbocycles. The van der Waals surface area contributed by atoms with E-state index in [0.717, 1.165) is 37.2 Å². The molecule has 3 N–H and O–H groups in total. The summed E-state index contributed by atoms with van der Waals surface area (Å²) in [6, 6.07) is 7.89. The van der Waals surface area contributed by atoms with Crippen LogP contribution >= 0.6 is 11.3 Å². The number of hydrogen-bond donors (Lipinski definition) is 2. The Labute approximate surface area is 167 Å². The lowest BCUT2D eigenvalue weighted by Crippen LogP contribution is -2.37. The zero-order valence-electron chi connectivity index (χ0n) is 15.6. The Morgan fingerprint density at radius 2 is 2.32 bits per heavy atom. The van der Waals surface area contributed by atoms with Crippen molar-refractivity contribution in [1.82, 2.24) is 4.98 Å². The highest BCUT2D eigenvalue weighted by molar-refractivity contribution is 7.14. The minimum Gasteiger partial charge on any atom is -0.466 e. The van der Waals surface area contributed by atoms with Crippen LogP contribution in [-0.2, 0) is 9.53 Å². The van der Waals surface area contributed by atoms with Gasteiger partial charge in [0.2, 0.25) is 5.13 Å². The first kappa shape index (κ1) is 19.6. The van der Waals surface area contributed by atoms with Gasteiger partial charge in [-0.1, -0.05) is 6.07 Å². The van der Waals surface area contributed by atoms with Gasteiger partial charge < -0.3 is 15.4 Å². The van der Waals surface area contributed by atoms with Gasteiger partial charge in [0, 0.05) is 18.5 Å². The van der Waals surface area contributed by atoms with Crippen molar-refractivity contribution in [3.8, 4) is 6.07 Å². The number of nitrogens with zero attached hydrogens (tertiary/aromatic N) is 4. The summed E-state index contributed by atoms with van der Waals surface area (Å²) in [4.78, 5) is 18.1. The van der Waals surface area contributed by atoms with Crippen LogP contribution in [0.15, 0.2) is 28.7 Å². The van der Waals surface area contributed by atoms with Crippen molar-refractivity contribution >= 4 is 40.2 Å². The number of piperidine rings is 1. The predicted molar refractivity (Wildman–Crippen MR) is 110 cm³/mol. The van der Waals surface area contributed by atoms with Crippen molar-refractivity contribution in [2.24, 2.45) is 11.0 Å². The number of hydrogen-bond acceptors (Lipinski definition) is 9. The molecule has 8 nitrogen and oxygen atoms in total. The summed E-state index contributed by atoms with van der Waals surface area (Å²) in [5.74, 6) is 0.272. The molecule has 0 spiro atoms. The molecule has 2 heterocycles. The van der Waals surface area contributed by atoms with Crippen LogP contribution in [0, 0.1) is 17.2 Å². The highest BCUT2D eigenvalue weighted by Crippen LogP contribution is 2.27. The van der Waals surface area contributed by atoms with E-state index in [4.69, 9.17) is 10.5 Å². The van der Waals surface area contributed by atoms with Crippen LogP contribution in [0.5, 0.6) is 0 Å². The van der Waals surface area contributed by atoms with Gasteiger partial charge in [-0.05, 0) is 37.5 Å². The summed E-state index contributed by atoms with van der Waals surface area (Å²) in [6.45, 7) is 3.67. The molecule has 0 atom stereocenters. The van der Waals surface area contributed by atoms with Crippen LogP contribution in [0.25, 0.3) is 0 Å². The fourth-order valence-electron chi connectivity index (χ4n) is 3.11. The lowest BCUT2D eigenvalue weighted by molar-refractivity contribution is -0.148. The zero-order valence-corrected chi connectivity index (χ0v) is 16.4. The number of nitrogen functional groups attached to an aromatic ring is 1. The molecule has 1 fully saturated rings. The predicted octanol–water partition coefficient (Wildman–Crippen LogP) is 2.82. The third kappa shape index (κ3) is 4.78. The summed E-state index contributed by atoms with van der Waals surface area (Å²) in [5, 5.41) is 16.0. The lowest BCUT2D eigenvalue weighted by atomic mass is 9.96. The maximum atomic E-state index is 11.9. The number of nitrogens with two attached hydrogens (primary N) is 1. The number of hydrazone groups is 1. The van der Waals surface area contributed by atoms with Crippen LogP contribution < -0.4 is 16.1 Å². The van der Waals surface area contributed by atoms with Gasteiger partial charge in [0.25, 0.3) is 0 Å². The molecule has 0 aliphatic carbocycles. The minimum absolute atomic E-state index is 0.0564. The van der Waals surface area contributed by atoms with Crippen LogP contribution in [0.1, 0.15) is 30.9 Å². The maximum Gasteiger partial charge on any atom is 0.309 e. The summed E-state index contributed by atoms with van der Waals surface area (Å²) >= 11 is 1.37. The van der Waals surface area contributed by atoms with E-state index < -0.39 is 0 Å². The van der Waals surface area contributed by atoms with Gasteiger partial charge in [0.05, 0.1) is 30.0 Å². The topological polar surface area (TPSA) is 117 Å². The van der Waals surface area contributed by atoms with Gasteiger partial charge in [-0.15, -0.1) is 11.3 Å². The summed E-state index contributed by atoms with van der Waals surface area (Å²) in [6.07, 6.45) is 3.09. The minimum atomic E-state index is -0.122. The van der Waals surface area contributed by atoms with E-state index in [2.05, 4.69) is 26.5 Å². The molecule has 0 amide bonds. The normalized spacial score (nSPS) is 14.8. The Morgan fingerprint density at radius 1 is 1.54 bits per heavy atom. The number of ether oxygens (including phenoxy) is 1. The average Bonchev–Trinajstić information content (AvgIpc) is 3.13. The van der Waals surface area contributed by atoms with E-state index in [0.29, 0.717) is 23.1 Å².